The molecule has 1 unspecified atom stereocenters. The fourth-order valence-corrected chi connectivity index (χ4v) is 3.03. The highest BCUT2D eigenvalue weighted by atomic mass is 16.3. The molecule has 0 radical (unpaired) electrons. The lowest BCUT2D eigenvalue weighted by Crippen LogP contribution is -2.37. The van der Waals surface area contributed by atoms with Gasteiger partial charge >= 0.3 is 0 Å². The quantitative estimate of drug-likeness (QED) is 0.884. The Bertz CT molecular complexity index is 383. The maximum atomic E-state index is 9.08. The molecule has 0 spiro atoms. The Morgan fingerprint density at radius 2 is 1.94 bits per heavy atom. The van der Waals surface area contributed by atoms with Crippen molar-refractivity contribution < 1.29 is 5.11 Å². The lowest BCUT2D eigenvalue weighted by molar-refractivity contribution is 0.165. The van der Waals surface area contributed by atoms with E-state index in [1.54, 1.807) is 0 Å². The molecule has 1 aromatic carbocycles. The van der Waals surface area contributed by atoms with Gasteiger partial charge < -0.3 is 5.11 Å². The fraction of sp³-hybridized carbons (Fsp3) is 0.625. The highest BCUT2D eigenvalue weighted by Crippen LogP contribution is 2.35. The molecule has 1 fully saturated rings. The summed E-state index contributed by atoms with van der Waals surface area (Å²) in [6.07, 6.45) is 2.13. The van der Waals surface area contributed by atoms with Gasteiger partial charge in [0.15, 0.2) is 0 Å². The Morgan fingerprint density at radius 3 is 2.56 bits per heavy atom. The Hall–Kier alpha value is -0.860. The zero-order valence-electron chi connectivity index (χ0n) is 11.8. The van der Waals surface area contributed by atoms with Crippen LogP contribution < -0.4 is 0 Å². The minimum atomic E-state index is 0.255. The molecule has 2 rings (SSSR count). The molecule has 100 valence electrons. The molecule has 1 aliphatic heterocycles. The topological polar surface area (TPSA) is 23.5 Å². The molecule has 0 amide bonds. The maximum absolute atomic E-state index is 9.08. The zero-order valence-corrected chi connectivity index (χ0v) is 11.8. The summed E-state index contributed by atoms with van der Waals surface area (Å²) in [7, 11) is 0. The zero-order chi connectivity index (χ0) is 13.2. The number of nitrogens with zero attached hydrogens (tertiary/aromatic N) is 1. The van der Waals surface area contributed by atoms with Gasteiger partial charge in [0.25, 0.3) is 0 Å². The van der Waals surface area contributed by atoms with Crippen molar-refractivity contribution in [2.75, 3.05) is 13.2 Å². The van der Waals surface area contributed by atoms with Crippen LogP contribution in [0.1, 0.15) is 37.8 Å². The molecule has 0 aromatic heterocycles. The summed E-state index contributed by atoms with van der Waals surface area (Å²) in [6, 6.07) is 8.82. The number of aliphatic hydroxyl groups excluding tert-OH is 1. The van der Waals surface area contributed by atoms with Gasteiger partial charge in [0.05, 0.1) is 0 Å². The molecule has 1 heterocycles. The molecule has 0 saturated carbocycles. The number of likely N-dealkylation sites (tertiary alicyclic amines) is 1. The van der Waals surface area contributed by atoms with Gasteiger partial charge in [-0.25, -0.2) is 0 Å². The molecule has 2 heteroatoms. The molecule has 1 saturated heterocycles. The van der Waals surface area contributed by atoms with Gasteiger partial charge in [0.1, 0.15) is 0 Å². The monoisotopic (exact) mass is 247 g/mol. The average molecular weight is 247 g/mol. The van der Waals surface area contributed by atoms with Gasteiger partial charge in [-0.05, 0) is 45.1 Å². The van der Waals surface area contributed by atoms with E-state index in [1.807, 2.05) is 0 Å². The number of aryl methyl sites for hydroxylation is 1. The number of rotatable bonds is 4. The molecule has 2 nitrogen and oxygen atoms in total. The lowest BCUT2D eigenvalue weighted by Gasteiger charge is -2.31. The molecule has 0 bridgehead atoms. The summed E-state index contributed by atoms with van der Waals surface area (Å²) >= 11 is 0. The van der Waals surface area contributed by atoms with Gasteiger partial charge in [-0.2, -0.15) is 0 Å². The predicted molar refractivity (Wildman–Crippen MR) is 75.5 cm³/mol. The standard InChI is InChI=1S/C16H25NO/c1-13-4-6-14(7-5-13)11-17-12-15(8-9-18)10-16(17,2)3/h4-7,15,18H,8-12H2,1-3H3. The normalized spacial score (nSPS) is 23.4. The van der Waals surface area contributed by atoms with E-state index in [0.717, 1.165) is 19.5 Å². The van der Waals surface area contributed by atoms with Crippen LogP contribution in [0, 0.1) is 12.8 Å². The lowest BCUT2D eigenvalue weighted by atomic mass is 9.94. The molecular weight excluding hydrogens is 222 g/mol. The summed E-state index contributed by atoms with van der Waals surface area (Å²) in [6.45, 7) is 9.22. The van der Waals surface area contributed by atoms with Crippen LogP contribution in [0.15, 0.2) is 24.3 Å². The Kier molecular flexibility index (Phi) is 4.08. The van der Waals surface area contributed by atoms with Crippen LogP contribution in [0.2, 0.25) is 0 Å². The van der Waals surface area contributed by atoms with Crippen molar-refractivity contribution >= 4 is 0 Å². The molecule has 1 aromatic rings. The van der Waals surface area contributed by atoms with E-state index >= 15 is 0 Å². The first kappa shape index (κ1) is 13.6. The van der Waals surface area contributed by atoms with E-state index in [1.165, 1.54) is 17.5 Å². The third-order valence-electron chi connectivity index (χ3n) is 4.15. The van der Waals surface area contributed by atoms with E-state index in [-0.39, 0.29) is 5.54 Å². The van der Waals surface area contributed by atoms with E-state index in [2.05, 4.69) is 49.9 Å². The minimum Gasteiger partial charge on any atom is -0.396 e. The Balaban J connectivity index is 2.02. The third-order valence-corrected chi connectivity index (χ3v) is 4.15. The third kappa shape index (κ3) is 3.12. The van der Waals surface area contributed by atoms with Gasteiger partial charge in [-0.15, -0.1) is 0 Å². The minimum absolute atomic E-state index is 0.255. The summed E-state index contributed by atoms with van der Waals surface area (Å²) in [5.41, 5.74) is 2.96. The van der Waals surface area contributed by atoms with Crippen LogP contribution in [-0.4, -0.2) is 28.7 Å². The summed E-state index contributed by atoms with van der Waals surface area (Å²) < 4.78 is 0. The van der Waals surface area contributed by atoms with Crippen molar-refractivity contribution in [1.29, 1.82) is 0 Å². The Morgan fingerprint density at radius 1 is 1.28 bits per heavy atom. The van der Waals surface area contributed by atoms with Crippen molar-refractivity contribution in [3.63, 3.8) is 0 Å². The van der Waals surface area contributed by atoms with Crippen LogP contribution in [0.3, 0.4) is 0 Å². The number of hydrogen-bond donors (Lipinski definition) is 1. The largest absolute Gasteiger partial charge is 0.396 e. The SMILES string of the molecule is Cc1ccc(CN2CC(CCO)CC2(C)C)cc1. The van der Waals surface area contributed by atoms with Crippen molar-refractivity contribution in [3.8, 4) is 0 Å². The van der Waals surface area contributed by atoms with Crippen LogP contribution >= 0.6 is 0 Å². The first-order valence-corrected chi connectivity index (χ1v) is 6.93. The molecule has 18 heavy (non-hydrogen) atoms. The van der Waals surface area contributed by atoms with Gasteiger partial charge in [-0.1, -0.05) is 29.8 Å². The first-order chi connectivity index (χ1) is 8.51. The summed E-state index contributed by atoms with van der Waals surface area (Å²) in [4.78, 5) is 2.55. The molecule has 1 aliphatic rings. The predicted octanol–water partition coefficient (Wildman–Crippen LogP) is 2.98. The van der Waals surface area contributed by atoms with E-state index in [0.29, 0.717) is 12.5 Å². The van der Waals surface area contributed by atoms with Gasteiger partial charge in [0, 0.05) is 25.2 Å². The number of hydrogen-bond acceptors (Lipinski definition) is 2. The number of benzene rings is 1. The van der Waals surface area contributed by atoms with Crippen molar-refractivity contribution in [1.82, 2.24) is 4.90 Å². The summed E-state index contributed by atoms with van der Waals surface area (Å²) in [5.74, 6) is 0.649. The second kappa shape index (κ2) is 5.41. The van der Waals surface area contributed by atoms with Crippen molar-refractivity contribution in [2.45, 2.75) is 45.7 Å². The number of aliphatic hydroxyl groups is 1. The maximum Gasteiger partial charge on any atom is 0.0434 e. The van der Waals surface area contributed by atoms with E-state index in [9.17, 15) is 0 Å². The second-order valence-corrected chi connectivity index (χ2v) is 6.26. The molecule has 0 aliphatic carbocycles. The van der Waals surface area contributed by atoms with Crippen LogP contribution in [0.25, 0.3) is 0 Å². The van der Waals surface area contributed by atoms with Gasteiger partial charge in [-0.3, -0.25) is 4.90 Å². The van der Waals surface area contributed by atoms with E-state index < -0.39 is 0 Å². The highest BCUT2D eigenvalue weighted by molar-refractivity contribution is 5.21. The smallest absolute Gasteiger partial charge is 0.0434 e. The average Bonchev–Trinajstić information content (AvgIpc) is 2.57. The fourth-order valence-electron chi connectivity index (χ4n) is 3.03. The van der Waals surface area contributed by atoms with E-state index in [4.69, 9.17) is 5.11 Å². The summed E-state index contributed by atoms with van der Waals surface area (Å²) in [5, 5.41) is 9.08. The van der Waals surface area contributed by atoms with Crippen LogP contribution in [0.5, 0.6) is 0 Å². The van der Waals surface area contributed by atoms with Crippen LogP contribution in [-0.2, 0) is 6.54 Å². The molecule has 1 atom stereocenters. The van der Waals surface area contributed by atoms with Crippen molar-refractivity contribution in [3.05, 3.63) is 35.4 Å². The molecule has 1 N–H and O–H groups in total. The van der Waals surface area contributed by atoms with Crippen LogP contribution in [0.4, 0.5) is 0 Å². The molecular formula is C16H25NO. The van der Waals surface area contributed by atoms with Gasteiger partial charge in [0.2, 0.25) is 0 Å². The Labute approximate surface area is 111 Å². The van der Waals surface area contributed by atoms with Crippen molar-refractivity contribution in [2.24, 2.45) is 5.92 Å². The first-order valence-electron chi connectivity index (χ1n) is 6.93. The second-order valence-electron chi connectivity index (χ2n) is 6.26. The highest BCUT2D eigenvalue weighted by Gasteiger charge is 2.37.